The summed E-state index contributed by atoms with van der Waals surface area (Å²) in [6.45, 7) is 17.1. The number of nitrogens with zero attached hydrogens (tertiary/aromatic N) is 3. The highest BCUT2D eigenvalue weighted by Gasteiger charge is 2.28. The second-order valence-electron chi connectivity index (χ2n) is 11.9. The number of thiazole rings is 1. The first-order chi connectivity index (χ1) is 19.5. The zero-order chi connectivity index (χ0) is 30.1. The van der Waals surface area contributed by atoms with Gasteiger partial charge in [0.15, 0.2) is 5.78 Å². The molecular weight excluding hydrogens is 534 g/mol. The molecule has 1 aliphatic heterocycles. The Kier molecular flexibility index (Phi) is 12.5. The molecule has 3 atom stereocenters. The lowest BCUT2D eigenvalue weighted by Gasteiger charge is -2.32. The van der Waals surface area contributed by atoms with Gasteiger partial charge in [0.25, 0.3) is 0 Å². The van der Waals surface area contributed by atoms with E-state index in [1.54, 1.807) is 18.4 Å². The van der Waals surface area contributed by atoms with Crippen molar-refractivity contribution in [3.05, 3.63) is 40.9 Å². The van der Waals surface area contributed by atoms with Gasteiger partial charge in [-0.1, -0.05) is 46.8 Å². The highest BCUT2D eigenvalue weighted by molar-refractivity contribution is 7.18. The first kappa shape index (κ1) is 32.9. The van der Waals surface area contributed by atoms with Gasteiger partial charge in [-0.25, -0.2) is 4.98 Å². The zero-order valence-corrected chi connectivity index (χ0v) is 26.6. The summed E-state index contributed by atoms with van der Waals surface area (Å²) >= 11 is 1.59. The number of piperazine rings is 1. The average molecular weight is 584 g/mol. The number of carbonyl (C=O) groups excluding carboxylic acids is 3. The molecule has 2 amide bonds. The maximum absolute atomic E-state index is 13.6. The van der Waals surface area contributed by atoms with Crippen LogP contribution >= 0.6 is 11.3 Å². The van der Waals surface area contributed by atoms with Crippen molar-refractivity contribution in [2.24, 2.45) is 11.8 Å². The Morgan fingerprint density at radius 2 is 1.83 bits per heavy atom. The van der Waals surface area contributed by atoms with Gasteiger partial charge in [0.05, 0.1) is 21.1 Å². The maximum Gasteiger partial charge on any atom is 0.224 e. The van der Waals surface area contributed by atoms with Crippen molar-refractivity contribution < 1.29 is 14.4 Å². The maximum atomic E-state index is 13.6. The fraction of sp³-hybridized carbons (Fsp3) is 0.625. The molecule has 0 spiro atoms. The fourth-order valence-electron chi connectivity index (χ4n) is 5.14. The second-order valence-corrected chi connectivity index (χ2v) is 13.0. The van der Waals surface area contributed by atoms with Crippen LogP contribution in [0.5, 0.6) is 0 Å². The highest BCUT2D eigenvalue weighted by Crippen LogP contribution is 2.28. The molecule has 0 saturated carbocycles. The number of rotatable bonds is 15. The lowest BCUT2D eigenvalue weighted by atomic mass is 9.91. The van der Waals surface area contributed by atoms with Crippen LogP contribution in [0.3, 0.4) is 0 Å². The molecule has 2 N–H and O–H groups in total. The van der Waals surface area contributed by atoms with Crippen LogP contribution in [0.15, 0.2) is 30.4 Å². The number of nitrogens with one attached hydrogen (secondary N) is 2. The Bertz CT molecular complexity index is 1200. The third-order valence-corrected chi connectivity index (χ3v) is 9.41. The van der Waals surface area contributed by atoms with Crippen molar-refractivity contribution in [3.8, 4) is 0 Å². The third-order valence-electron chi connectivity index (χ3n) is 8.37. The van der Waals surface area contributed by atoms with Gasteiger partial charge < -0.3 is 15.5 Å². The number of carbonyl (C=O) groups is 3. The average Bonchev–Trinajstić information content (AvgIpc) is 3.36. The van der Waals surface area contributed by atoms with E-state index in [2.05, 4.69) is 73.9 Å². The van der Waals surface area contributed by atoms with Crippen LogP contribution in [0.1, 0.15) is 69.9 Å². The number of Topliss-reactive ketones (excluding diaryl/α,β-unsaturated/α-hetero) is 1. The number of hydrogen-bond donors (Lipinski definition) is 2. The summed E-state index contributed by atoms with van der Waals surface area (Å²) in [5.41, 5.74) is 2.81. The fourth-order valence-corrected chi connectivity index (χ4v) is 6.24. The van der Waals surface area contributed by atoms with Gasteiger partial charge in [0.1, 0.15) is 0 Å². The summed E-state index contributed by atoms with van der Waals surface area (Å²) in [4.78, 5) is 48.3. The predicted molar refractivity (Wildman–Crippen MR) is 168 cm³/mol. The molecule has 8 nitrogen and oxygen atoms in total. The lowest BCUT2D eigenvalue weighted by molar-refractivity contribution is -0.131. The van der Waals surface area contributed by atoms with Crippen LogP contribution < -0.4 is 10.6 Å². The SMILES string of the molecule is C=C(CN1CCN(C)CC1)C(=O)CC[C@@H](NC(=O)[C@@H](CC(=O)NC)Cc1nc2ccc(C(C)C)cc2s1)[C@@H](C)CC. The normalized spacial score (nSPS) is 16.9. The van der Waals surface area contributed by atoms with Gasteiger partial charge >= 0.3 is 0 Å². The Balaban J connectivity index is 1.66. The minimum Gasteiger partial charge on any atom is -0.359 e. The number of hydrogen-bond acceptors (Lipinski definition) is 7. The first-order valence-corrected chi connectivity index (χ1v) is 15.8. The van der Waals surface area contributed by atoms with Crippen LogP contribution in [0.25, 0.3) is 10.2 Å². The molecule has 2 heterocycles. The molecule has 2 aromatic rings. The summed E-state index contributed by atoms with van der Waals surface area (Å²) in [7, 11) is 3.70. The molecule has 9 heteroatoms. The van der Waals surface area contributed by atoms with Crippen LogP contribution in [0, 0.1) is 11.8 Å². The van der Waals surface area contributed by atoms with Gasteiger partial charge in [-0.05, 0) is 43.0 Å². The van der Waals surface area contributed by atoms with Gasteiger partial charge in [0.2, 0.25) is 11.8 Å². The van der Waals surface area contributed by atoms with E-state index in [0.717, 1.165) is 47.8 Å². The summed E-state index contributed by atoms with van der Waals surface area (Å²) in [6, 6.07) is 6.14. The van der Waals surface area contributed by atoms with E-state index < -0.39 is 5.92 Å². The van der Waals surface area contributed by atoms with E-state index in [4.69, 9.17) is 4.98 Å². The standard InChI is InChI=1S/C32H49N5O3S/c1-8-22(4)26(11-12-28(38)23(5)20-37-15-13-36(7)14-16-37)35-32(40)25(18-30(39)33-6)19-31-34-27-10-9-24(21(2)3)17-29(27)41-31/h9-10,17,21-22,25-26H,5,8,11-16,18-20H2,1-4,6-7H3,(H,33,39)(H,35,40)/t22-,25-,26+/m0/s1. The third kappa shape index (κ3) is 9.72. The number of benzene rings is 1. The van der Waals surface area contributed by atoms with Gasteiger partial charge in [-0.3, -0.25) is 19.3 Å². The van der Waals surface area contributed by atoms with Gasteiger partial charge in [0, 0.05) is 70.6 Å². The van der Waals surface area contributed by atoms with Crippen LogP contribution in [-0.2, 0) is 20.8 Å². The minimum absolute atomic E-state index is 0.0589. The van der Waals surface area contributed by atoms with E-state index in [9.17, 15) is 14.4 Å². The molecule has 0 bridgehead atoms. The highest BCUT2D eigenvalue weighted by atomic mass is 32.1. The largest absolute Gasteiger partial charge is 0.359 e. The molecule has 1 aliphatic rings. The van der Waals surface area contributed by atoms with Crippen molar-refractivity contribution in [2.45, 2.75) is 71.8 Å². The molecule has 3 rings (SSSR count). The van der Waals surface area contributed by atoms with Crippen molar-refractivity contribution in [1.29, 1.82) is 0 Å². The second kappa shape index (κ2) is 15.6. The van der Waals surface area contributed by atoms with E-state index in [1.165, 1.54) is 5.56 Å². The summed E-state index contributed by atoms with van der Waals surface area (Å²) < 4.78 is 1.10. The van der Waals surface area contributed by atoms with Crippen molar-refractivity contribution >= 4 is 39.2 Å². The van der Waals surface area contributed by atoms with Crippen LogP contribution in [-0.4, -0.2) is 85.2 Å². The monoisotopic (exact) mass is 583 g/mol. The molecule has 0 radical (unpaired) electrons. The van der Waals surface area contributed by atoms with Crippen LogP contribution in [0.4, 0.5) is 0 Å². The van der Waals surface area contributed by atoms with Crippen molar-refractivity contribution in [2.75, 3.05) is 46.8 Å². The van der Waals surface area contributed by atoms with E-state index >= 15 is 0 Å². The molecule has 41 heavy (non-hydrogen) atoms. The molecule has 1 fully saturated rings. The first-order valence-electron chi connectivity index (χ1n) is 15.0. The topological polar surface area (TPSA) is 94.6 Å². The number of likely N-dealkylation sites (N-methyl/N-ethyl adjacent to an activating group) is 1. The Morgan fingerprint density at radius 1 is 1.12 bits per heavy atom. The molecule has 0 unspecified atom stereocenters. The number of fused-ring (bicyclic) bond motifs is 1. The molecule has 1 aromatic carbocycles. The number of aromatic nitrogens is 1. The van der Waals surface area contributed by atoms with Gasteiger partial charge in [-0.2, -0.15) is 0 Å². The molecule has 0 aliphatic carbocycles. The molecule has 1 aromatic heterocycles. The number of ketones is 1. The van der Waals surface area contributed by atoms with Crippen molar-refractivity contribution in [3.63, 3.8) is 0 Å². The minimum atomic E-state index is -0.547. The van der Waals surface area contributed by atoms with E-state index in [-0.39, 0.29) is 36.0 Å². The number of amides is 2. The Morgan fingerprint density at radius 3 is 2.46 bits per heavy atom. The van der Waals surface area contributed by atoms with Crippen molar-refractivity contribution in [1.82, 2.24) is 25.4 Å². The Labute approximate surface area is 250 Å². The summed E-state index contributed by atoms with van der Waals surface area (Å²) in [6.07, 6.45) is 2.25. The zero-order valence-electron chi connectivity index (χ0n) is 25.8. The van der Waals surface area contributed by atoms with Crippen LogP contribution in [0.2, 0.25) is 0 Å². The van der Waals surface area contributed by atoms with E-state index in [0.29, 0.717) is 37.3 Å². The van der Waals surface area contributed by atoms with E-state index in [1.807, 2.05) is 6.07 Å². The molecular formula is C32H49N5O3S. The summed E-state index contributed by atoms with van der Waals surface area (Å²) in [5, 5.41) is 6.72. The smallest absolute Gasteiger partial charge is 0.224 e. The quantitative estimate of drug-likeness (QED) is 0.302. The molecule has 1 saturated heterocycles. The van der Waals surface area contributed by atoms with Gasteiger partial charge in [-0.15, -0.1) is 11.3 Å². The molecule has 226 valence electrons. The predicted octanol–water partition coefficient (Wildman–Crippen LogP) is 4.40. The lowest BCUT2D eigenvalue weighted by Crippen LogP contribution is -2.45. The Hall–Kier alpha value is -2.62. The summed E-state index contributed by atoms with van der Waals surface area (Å²) in [5.74, 6) is -0.216.